The van der Waals surface area contributed by atoms with Crippen molar-refractivity contribution >= 4 is 0 Å². The smallest absolute Gasteiger partial charge is 0.248 e. The molecule has 0 heterocycles. The van der Waals surface area contributed by atoms with Crippen LogP contribution >= 0.6 is 0 Å². The van der Waals surface area contributed by atoms with Crippen LogP contribution in [0.25, 0.3) is 0 Å². The average Bonchev–Trinajstić information content (AvgIpc) is 2.34. The third-order valence-electron chi connectivity index (χ3n) is 3.65. The topological polar surface area (TPSA) is 38.0 Å². The van der Waals surface area contributed by atoms with Crippen LogP contribution in [0.1, 0.15) is 37.3 Å². The maximum absolute atomic E-state index is 13.7. The minimum absolute atomic E-state index is 0.0495. The van der Waals surface area contributed by atoms with Crippen LogP contribution in [0.4, 0.5) is 13.2 Å². The quantitative estimate of drug-likeness (QED) is 0.645. The molecule has 0 radical (unpaired) electrons. The molecule has 1 atom stereocenters. The van der Waals surface area contributed by atoms with E-state index in [0.29, 0.717) is 18.4 Å². The van der Waals surface area contributed by atoms with Crippen molar-refractivity contribution in [3.63, 3.8) is 0 Å². The number of hydrogen-bond donors (Lipinski definition) is 2. The van der Waals surface area contributed by atoms with Crippen molar-refractivity contribution < 1.29 is 13.2 Å². The molecule has 0 aliphatic heterocycles. The van der Waals surface area contributed by atoms with Crippen LogP contribution < -0.4 is 11.3 Å². The van der Waals surface area contributed by atoms with Gasteiger partial charge >= 0.3 is 0 Å². The summed E-state index contributed by atoms with van der Waals surface area (Å²) in [5.74, 6) is 2.49. The molecule has 0 spiro atoms. The Labute approximate surface area is 104 Å². The third kappa shape index (κ3) is 2.84. The summed E-state index contributed by atoms with van der Waals surface area (Å²) >= 11 is 0. The standard InChI is InChI=1S/C13H17F3N2/c14-11-4-2-1-3-10(11)12(18-17)9-5-7-13(15,16)8-6-9/h1-4,9,12,18H,5-8,17H2. The molecule has 2 rings (SSSR count). The van der Waals surface area contributed by atoms with Gasteiger partial charge in [-0.15, -0.1) is 0 Å². The lowest BCUT2D eigenvalue weighted by Gasteiger charge is -2.33. The van der Waals surface area contributed by atoms with E-state index >= 15 is 0 Å². The second-order valence-corrected chi connectivity index (χ2v) is 4.86. The Morgan fingerprint density at radius 1 is 1.22 bits per heavy atom. The third-order valence-corrected chi connectivity index (χ3v) is 3.65. The van der Waals surface area contributed by atoms with Gasteiger partial charge in [0.1, 0.15) is 5.82 Å². The molecule has 0 saturated heterocycles. The van der Waals surface area contributed by atoms with Crippen molar-refractivity contribution in [1.29, 1.82) is 0 Å². The summed E-state index contributed by atoms with van der Waals surface area (Å²) in [4.78, 5) is 0. The van der Waals surface area contributed by atoms with E-state index in [-0.39, 0.29) is 24.6 Å². The minimum Gasteiger partial charge on any atom is -0.271 e. The highest BCUT2D eigenvalue weighted by Crippen LogP contribution is 2.41. The van der Waals surface area contributed by atoms with Crippen molar-refractivity contribution in [3.05, 3.63) is 35.6 Å². The first-order valence-electron chi connectivity index (χ1n) is 6.12. The molecule has 3 N–H and O–H groups in total. The molecule has 1 aliphatic rings. The molecule has 5 heteroatoms. The van der Waals surface area contributed by atoms with Gasteiger partial charge in [-0.1, -0.05) is 18.2 Å². The van der Waals surface area contributed by atoms with Gasteiger partial charge in [0.25, 0.3) is 0 Å². The Morgan fingerprint density at radius 2 is 1.83 bits per heavy atom. The van der Waals surface area contributed by atoms with E-state index in [1.807, 2.05) is 0 Å². The van der Waals surface area contributed by atoms with Crippen molar-refractivity contribution in [2.45, 2.75) is 37.6 Å². The lowest BCUT2D eigenvalue weighted by Crippen LogP contribution is -2.37. The maximum atomic E-state index is 13.7. The largest absolute Gasteiger partial charge is 0.271 e. The van der Waals surface area contributed by atoms with Crippen LogP contribution in [0.15, 0.2) is 24.3 Å². The zero-order valence-corrected chi connectivity index (χ0v) is 10.0. The average molecular weight is 258 g/mol. The zero-order valence-electron chi connectivity index (χ0n) is 10.0. The number of rotatable bonds is 3. The lowest BCUT2D eigenvalue weighted by molar-refractivity contribution is -0.0498. The highest BCUT2D eigenvalue weighted by molar-refractivity contribution is 5.22. The van der Waals surface area contributed by atoms with E-state index in [1.165, 1.54) is 6.07 Å². The van der Waals surface area contributed by atoms with E-state index in [4.69, 9.17) is 5.84 Å². The fourth-order valence-corrected chi connectivity index (χ4v) is 2.60. The van der Waals surface area contributed by atoms with Gasteiger partial charge in [0.2, 0.25) is 5.92 Å². The monoisotopic (exact) mass is 258 g/mol. The maximum Gasteiger partial charge on any atom is 0.248 e. The molecule has 1 aromatic carbocycles. The fourth-order valence-electron chi connectivity index (χ4n) is 2.60. The SMILES string of the molecule is NNC(c1ccccc1F)C1CCC(F)(F)CC1. The number of alkyl halides is 2. The molecule has 1 unspecified atom stereocenters. The summed E-state index contributed by atoms with van der Waals surface area (Å²) in [5.41, 5.74) is 3.03. The molecule has 0 bridgehead atoms. The van der Waals surface area contributed by atoms with Gasteiger partial charge in [-0.05, 0) is 24.8 Å². The van der Waals surface area contributed by atoms with Crippen LogP contribution in [0, 0.1) is 11.7 Å². The predicted octanol–water partition coefficient (Wildman–Crippen LogP) is 3.16. The van der Waals surface area contributed by atoms with Gasteiger partial charge in [0.05, 0.1) is 6.04 Å². The summed E-state index contributed by atoms with van der Waals surface area (Å²) in [6.07, 6.45) is 0.418. The first kappa shape index (κ1) is 13.4. The van der Waals surface area contributed by atoms with Gasteiger partial charge in [0, 0.05) is 18.4 Å². The van der Waals surface area contributed by atoms with E-state index in [9.17, 15) is 13.2 Å². The van der Waals surface area contributed by atoms with Gasteiger partial charge in [-0.25, -0.2) is 13.2 Å². The van der Waals surface area contributed by atoms with Crippen LogP contribution in [0.3, 0.4) is 0 Å². The number of hydrazine groups is 1. The van der Waals surface area contributed by atoms with E-state index in [2.05, 4.69) is 5.43 Å². The molecule has 0 amide bonds. The molecular weight excluding hydrogens is 241 g/mol. The Morgan fingerprint density at radius 3 is 2.39 bits per heavy atom. The van der Waals surface area contributed by atoms with Crippen molar-refractivity contribution in [2.24, 2.45) is 11.8 Å². The number of halogens is 3. The number of benzene rings is 1. The number of nitrogens with two attached hydrogens (primary N) is 1. The Bertz CT molecular complexity index is 399. The van der Waals surface area contributed by atoms with Gasteiger partial charge in [-0.3, -0.25) is 11.3 Å². The summed E-state index contributed by atoms with van der Waals surface area (Å²) in [5, 5.41) is 0. The summed E-state index contributed by atoms with van der Waals surface area (Å²) < 4.78 is 39.9. The van der Waals surface area contributed by atoms with Crippen molar-refractivity contribution in [3.8, 4) is 0 Å². The van der Waals surface area contributed by atoms with Crippen LogP contribution in [0.2, 0.25) is 0 Å². The van der Waals surface area contributed by atoms with E-state index in [0.717, 1.165) is 0 Å². The number of nitrogens with one attached hydrogen (secondary N) is 1. The zero-order chi connectivity index (χ0) is 13.2. The van der Waals surface area contributed by atoms with Gasteiger partial charge in [-0.2, -0.15) is 0 Å². The molecule has 1 aromatic rings. The van der Waals surface area contributed by atoms with Gasteiger partial charge in [0.15, 0.2) is 0 Å². The Kier molecular flexibility index (Phi) is 3.92. The highest BCUT2D eigenvalue weighted by Gasteiger charge is 2.38. The van der Waals surface area contributed by atoms with Crippen LogP contribution in [-0.2, 0) is 0 Å². The molecule has 18 heavy (non-hydrogen) atoms. The van der Waals surface area contributed by atoms with Crippen LogP contribution in [0.5, 0.6) is 0 Å². The normalized spacial score (nSPS) is 21.8. The van der Waals surface area contributed by atoms with Crippen LogP contribution in [-0.4, -0.2) is 5.92 Å². The Hall–Kier alpha value is -1.07. The van der Waals surface area contributed by atoms with E-state index < -0.39 is 12.0 Å². The first-order chi connectivity index (χ1) is 8.53. The summed E-state index contributed by atoms with van der Waals surface area (Å²) in [6, 6.07) is 5.92. The lowest BCUT2D eigenvalue weighted by atomic mass is 9.80. The van der Waals surface area contributed by atoms with Crippen molar-refractivity contribution in [1.82, 2.24) is 5.43 Å². The molecule has 1 saturated carbocycles. The van der Waals surface area contributed by atoms with Gasteiger partial charge < -0.3 is 0 Å². The molecule has 0 aromatic heterocycles. The number of hydrogen-bond acceptors (Lipinski definition) is 2. The first-order valence-corrected chi connectivity index (χ1v) is 6.12. The fraction of sp³-hybridized carbons (Fsp3) is 0.538. The predicted molar refractivity (Wildman–Crippen MR) is 63.4 cm³/mol. The summed E-state index contributed by atoms with van der Waals surface area (Å²) in [6.45, 7) is 0. The second-order valence-electron chi connectivity index (χ2n) is 4.86. The Balaban J connectivity index is 2.13. The molecule has 100 valence electrons. The molecule has 2 nitrogen and oxygen atoms in total. The van der Waals surface area contributed by atoms with Crippen molar-refractivity contribution in [2.75, 3.05) is 0 Å². The second kappa shape index (κ2) is 5.28. The van der Waals surface area contributed by atoms with E-state index in [1.54, 1.807) is 18.2 Å². The molecule has 1 aliphatic carbocycles. The molecular formula is C13H17F3N2. The minimum atomic E-state index is -2.58. The highest BCUT2D eigenvalue weighted by atomic mass is 19.3. The molecule has 1 fully saturated rings. The summed E-state index contributed by atoms with van der Waals surface area (Å²) in [7, 11) is 0.